The molecular formula is C16H22ClNO2. The molecule has 0 spiro atoms. The summed E-state index contributed by atoms with van der Waals surface area (Å²) >= 11 is 6.02. The van der Waals surface area contributed by atoms with Gasteiger partial charge in [0.25, 0.3) is 0 Å². The molecule has 1 aliphatic carbocycles. The van der Waals surface area contributed by atoms with Gasteiger partial charge in [0, 0.05) is 10.7 Å². The van der Waals surface area contributed by atoms with Crippen LogP contribution < -0.4 is 5.32 Å². The van der Waals surface area contributed by atoms with Crippen LogP contribution in [0, 0.1) is 5.92 Å². The van der Waals surface area contributed by atoms with Crippen LogP contribution in [0.2, 0.25) is 5.02 Å². The highest BCUT2D eigenvalue weighted by Crippen LogP contribution is 2.36. The number of carbonyl (C=O) groups is 1. The molecule has 1 saturated carbocycles. The van der Waals surface area contributed by atoms with Crippen molar-refractivity contribution in [3.8, 4) is 0 Å². The molecule has 0 saturated heterocycles. The summed E-state index contributed by atoms with van der Waals surface area (Å²) in [5.74, 6) is 0.367. The van der Waals surface area contributed by atoms with E-state index >= 15 is 0 Å². The summed E-state index contributed by atoms with van der Waals surface area (Å²) in [6.07, 6.45) is 3.81. The predicted molar refractivity (Wildman–Crippen MR) is 82.1 cm³/mol. The van der Waals surface area contributed by atoms with Crippen LogP contribution >= 0.6 is 11.6 Å². The number of hydrogen-bond donors (Lipinski definition) is 1. The highest BCUT2D eigenvalue weighted by atomic mass is 35.5. The van der Waals surface area contributed by atoms with Gasteiger partial charge in [-0.2, -0.15) is 0 Å². The summed E-state index contributed by atoms with van der Waals surface area (Å²) in [7, 11) is 0. The lowest BCUT2D eigenvalue weighted by atomic mass is 9.76. The number of nitrogens with one attached hydrogen (secondary N) is 1. The number of rotatable bonds is 4. The number of carbonyl (C=O) groups excluding carboxylic acids is 1. The van der Waals surface area contributed by atoms with Crippen LogP contribution in [0.25, 0.3) is 0 Å². The van der Waals surface area contributed by atoms with E-state index in [1.54, 1.807) is 0 Å². The van der Waals surface area contributed by atoms with Crippen molar-refractivity contribution in [2.75, 3.05) is 11.9 Å². The molecule has 0 amide bonds. The molecule has 4 heteroatoms. The first kappa shape index (κ1) is 15.2. The minimum atomic E-state index is -0.613. The summed E-state index contributed by atoms with van der Waals surface area (Å²) in [5, 5.41) is 4.06. The van der Waals surface area contributed by atoms with E-state index in [4.69, 9.17) is 16.3 Å². The van der Waals surface area contributed by atoms with E-state index in [1.807, 2.05) is 31.2 Å². The normalized spacial score (nSPS) is 26.1. The fourth-order valence-electron chi connectivity index (χ4n) is 3.01. The maximum absolute atomic E-state index is 12.4. The molecule has 1 aliphatic rings. The molecule has 2 unspecified atom stereocenters. The monoisotopic (exact) mass is 295 g/mol. The maximum atomic E-state index is 12.4. The summed E-state index contributed by atoms with van der Waals surface area (Å²) in [5.41, 5.74) is 0.262. The fraction of sp³-hybridized carbons (Fsp3) is 0.562. The van der Waals surface area contributed by atoms with Gasteiger partial charge in [0.1, 0.15) is 5.54 Å². The van der Waals surface area contributed by atoms with Gasteiger partial charge < -0.3 is 10.1 Å². The molecule has 0 bridgehead atoms. The van der Waals surface area contributed by atoms with Crippen molar-refractivity contribution in [2.45, 2.75) is 45.1 Å². The van der Waals surface area contributed by atoms with Gasteiger partial charge in [-0.05, 0) is 43.9 Å². The quantitative estimate of drug-likeness (QED) is 0.843. The van der Waals surface area contributed by atoms with E-state index < -0.39 is 5.54 Å². The highest BCUT2D eigenvalue weighted by molar-refractivity contribution is 6.30. The van der Waals surface area contributed by atoms with Gasteiger partial charge in [-0.1, -0.05) is 37.4 Å². The second-order valence-electron chi connectivity index (χ2n) is 5.64. The van der Waals surface area contributed by atoms with Crippen molar-refractivity contribution in [3.63, 3.8) is 0 Å². The summed E-state index contributed by atoms with van der Waals surface area (Å²) in [4.78, 5) is 12.4. The van der Waals surface area contributed by atoms with E-state index in [1.165, 1.54) is 6.42 Å². The van der Waals surface area contributed by atoms with E-state index in [0.29, 0.717) is 17.5 Å². The van der Waals surface area contributed by atoms with E-state index in [-0.39, 0.29) is 5.97 Å². The highest BCUT2D eigenvalue weighted by Gasteiger charge is 2.43. The summed E-state index contributed by atoms with van der Waals surface area (Å²) < 4.78 is 5.30. The lowest BCUT2D eigenvalue weighted by molar-refractivity contribution is -0.150. The predicted octanol–water partition coefficient (Wildman–Crippen LogP) is 4.26. The topological polar surface area (TPSA) is 38.3 Å². The Morgan fingerprint density at radius 3 is 3.00 bits per heavy atom. The molecule has 20 heavy (non-hydrogen) atoms. The number of benzene rings is 1. The molecule has 1 N–H and O–H groups in total. The van der Waals surface area contributed by atoms with Crippen LogP contribution in [-0.2, 0) is 9.53 Å². The first-order valence-electron chi connectivity index (χ1n) is 7.27. The largest absolute Gasteiger partial charge is 0.464 e. The zero-order valence-electron chi connectivity index (χ0n) is 12.1. The van der Waals surface area contributed by atoms with Crippen molar-refractivity contribution in [1.29, 1.82) is 0 Å². The molecule has 2 atom stereocenters. The minimum Gasteiger partial charge on any atom is -0.464 e. The van der Waals surface area contributed by atoms with Gasteiger partial charge in [0.15, 0.2) is 0 Å². The average Bonchev–Trinajstić information content (AvgIpc) is 2.39. The number of anilines is 1. The van der Waals surface area contributed by atoms with Crippen LogP contribution in [0.4, 0.5) is 5.69 Å². The van der Waals surface area contributed by atoms with Crippen LogP contribution in [0.3, 0.4) is 0 Å². The SMILES string of the molecule is CCOC(=O)C1(Nc2cccc(Cl)c2)CCCC(C)C1. The molecule has 1 aromatic carbocycles. The third-order valence-corrected chi connectivity index (χ3v) is 4.11. The van der Waals surface area contributed by atoms with Crippen molar-refractivity contribution in [3.05, 3.63) is 29.3 Å². The average molecular weight is 296 g/mol. The van der Waals surface area contributed by atoms with E-state index in [2.05, 4.69) is 12.2 Å². The Hall–Kier alpha value is -1.22. The molecule has 2 rings (SSSR count). The van der Waals surface area contributed by atoms with Crippen LogP contribution in [-0.4, -0.2) is 18.1 Å². The van der Waals surface area contributed by atoms with Crippen molar-refractivity contribution < 1.29 is 9.53 Å². The van der Waals surface area contributed by atoms with E-state index in [9.17, 15) is 4.79 Å². The third-order valence-electron chi connectivity index (χ3n) is 3.87. The Bertz CT molecular complexity index is 477. The van der Waals surface area contributed by atoms with Crippen molar-refractivity contribution in [1.82, 2.24) is 0 Å². The Balaban J connectivity index is 2.24. The Labute approximate surface area is 125 Å². The molecule has 1 aromatic rings. The molecule has 0 aromatic heterocycles. The molecule has 0 aliphatic heterocycles. The number of halogens is 1. The first-order chi connectivity index (χ1) is 9.55. The van der Waals surface area contributed by atoms with Gasteiger partial charge in [-0.25, -0.2) is 4.79 Å². The smallest absolute Gasteiger partial charge is 0.331 e. The Morgan fingerprint density at radius 1 is 1.55 bits per heavy atom. The lowest BCUT2D eigenvalue weighted by Crippen LogP contribution is -2.50. The second-order valence-corrected chi connectivity index (χ2v) is 6.08. The van der Waals surface area contributed by atoms with Gasteiger partial charge in [-0.3, -0.25) is 0 Å². The van der Waals surface area contributed by atoms with Gasteiger partial charge in [-0.15, -0.1) is 0 Å². The maximum Gasteiger partial charge on any atom is 0.331 e. The van der Waals surface area contributed by atoms with Crippen molar-refractivity contribution >= 4 is 23.3 Å². The second kappa shape index (κ2) is 6.49. The summed E-state index contributed by atoms with van der Waals surface area (Å²) in [6, 6.07) is 7.50. The van der Waals surface area contributed by atoms with Crippen LogP contribution in [0.1, 0.15) is 39.5 Å². The molecule has 110 valence electrons. The van der Waals surface area contributed by atoms with Crippen LogP contribution in [0.5, 0.6) is 0 Å². The standard InChI is InChI=1S/C16H22ClNO2/c1-3-20-15(19)16(9-5-6-12(2)11-16)18-14-8-4-7-13(17)10-14/h4,7-8,10,12,18H,3,5-6,9,11H2,1-2H3. The number of hydrogen-bond acceptors (Lipinski definition) is 3. The zero-order valence-corrected chi connectivity index (χ0v) is 12.9. The molecule has 0 radical (unpaired) electrons. The first-order valence-corrected chi connectivity index (χ1v) is 7.64. The Kier molecular flexibility index (Phi) is 4.92. The molecule has 1 fully saturated rings. The molecule has 0 heterocycles. The third kappa shape index (κ3) is 3.45. The lowest BCUT2D eigenvalue weighted by Gasteiger charge is -2.39. The van der Waals surface area contributed by atoms with E-state index in [0.717, 1.165) is 24.9 Å². The zero-order chi connectivity index (χ0) is 14.6. The Morgan fingerprint density at radius 2 is 2.35 bits per heavy atom. The molecule has 3 nitrogen and oxygen atoms in total. The molecular weight excluding hydrogens is 274 g/mol. The van der Waals surface area contributed by atoms with Gasteiger partial charge >= 0.3 is 5.97 Å². The summed E-state index contributed by atoms with van der Waals surface area (Å²) in [6.45, 7) is 4.44. The van der Waals surface area contributed by atoms with Gasteiger partial charge in [0.05, 0.1) is 6.61 Å². The number of esters is 1. The number of ether oxygens (including phenoxy) is 1. The minimum absolute atomic E-state index is 0.147. The van der Waals surface area contributed by atoms with Crippen molar-refractivity contribution in [2.24, 2.45) is 5.92 Å². The van der Waals surface area contributed by atoms with Crippen LogP contribution in [0.15, 0.2) is 24.3 Å². The van der Waals surface area contributed by atoms with Gasteiger partial charge in [0.2, 0.25) is 0 Å². The fourth-order valence-corrected chi connectivity index (χ4v) is 3.20.